The zero-order valence-corrected chi connectivity index (χ0v) is 16.0. The van der Waals surface area contributed by atoms with Crippen LogP contribution in [0.1, 0.15) is 50.5 Å². The molecule has 0 radical (unpaired) electrons. The minimum absolute atomic E-state index is 0.392. The molecular weight excluding hydrogens is 317 g/mol. The second kappa shape index (κ2) is 7.73. The quantitative estimate of drug-likeness (QED) is 0.608. The third kappa shape index (κ3) is 4.32. The van der Waals surface area contributed by atoms with Crippen molar-refractivity contribution in [2.24, 2.45) is 0 Å². The van der Waals surface area contributed by atoms with Gasteiger partial charge in [-0.15, -0.1) is 0 Å². The normalized spacial score (nSPS) is 19.1. The summed E-state index contributed by atoms with van der Waals surface area (Å²) in [6.45, 7) is 11.2. The zero-order chi connectivity index (χ0) is 18.7. The van der Waals surface area contributed by atoms with Crippen LogP contribution in [0.2, 0.25) is 0 Å². The minimum atomic E-state index is -0.427. The van der Waals surface area contributed by atoms with Gasteiger partial charge in [-0.25, -0.2) is 0 Å². The highest BCUT2D eigenvalue weighted by molar-refractivity contribution is 6.55. The van der Waals surface area contributed by atoms with E-state index in [1.807, 2.05) is 65.9 Å². The van der Waals surface area contributed by atoms with Gasteiger partial charge in [-0.1, -0.05) is 12.1 Å². The van der Waals surface area contributed by atoms with Gasteiger partial charge in [0, 0.05) is 6.54 Å². The van der Waals surface area contributed by atoms with Gasteiger partial charge in [0.1, 0.15) is 5.75 Å². The van der Waals surface area contributed by atoms with Gasteiger partial charge >= 0.3 is 7.12 Å². The van der Waals surface area contributed by atoms with Gasteiger partial charge in [0.25, 0.3) is 0 Å². The maximum atomic E-state index is 11.3. The van der Waals surface area contributed by atoms with Crippen LogP contribution in [0.3, 0.4) is 0 Å². The molecule has 2 rings (SSSR count). The third-order valence-corrected chi connectivity index (χ3v) is 4.75. The van der Waals surface area contributed by atoms with E-state index >= 15 is 0 Å². The molecule has 136 valence electrons. The molecule has 0 spiro atoms. The fraction of sp³-hybridized carbons (Fsp3) is 0.526. The number of benzene rings is 1. The second-order valence-electron chi connectivity index (χ2n) is 7.19. The molecular formula is C19H28BNO4. The number of rotatable bonds is 7. The predicted octanol–water partition coefficient (Wildman–Crippen LogP) is 3.13. The van der Waals surface area contributed by atoms with Crippen LogP contribution in [0.5, 0.6) is 5.75 Å². The summed E-state index contributed by atoms with van der Waals surface area (Å²) in [5.74, 6) is 0.598. The van der Waals surface area contributed by atoms with Crippen LogP contribution in [-0.2, 0) is 9.31 Å². The van der Waals surface area contributed by atoms with Gasteiger partial charge in [-0.3, -0.25) is 4.79 Å². The molecule has 6 heteroatoms. The Bertz CT molecular complexity index is 639. The van der Waals surface area contributed by atoms with Crippen LogP contribution in [0.4, 0.5) is 0 Å². The smallest absolute Gasteiger partial charge is 0.491 e. The van der Waals surface area contributed by atoms with Crippen molar-refractivity contribution >= 4 is 19.5 Å². The maximum absolute atomic E-state index is 11.3. The summed E-state index contributed by atoms with van der Waals surface area (Å²) in [6.07, 6.45) is 2.82. The first-order valence-electron chi connectivity index (χ1n) is 8.67. The highest BCUT2D eigenvalue weighted by atomic mass is 16.7. The molecule has 1 saturated heterocycles. The number of hydrogen-bond acceptors (Lipinski definition) is 5. The first kappa shape index (κ1) is 19.7. The second-order valence-corrected chi connectivity index (χ2v) is 7.19. The molecule has 1 N–H and O–H groups in total. The highest BCUT2D eigenvalue weighted by Crippen LogP contribution is 2.38. The van der Waals surface area contributed by atoms with E-state index in [1.165, 1.54) is 0 Å². The molecule has 0 bridgehead atoms. The van der Waals surface area contributed by atoms with E-state index in [-0.39, 0.29) is 0 Å². The SMILES string of the molecule is CCOc1ccc(C=C(CNC)B2OC(C)(C)C(C)(C)O2)cc1C=O. The standard InChI is InChI=1S/C19H28BNO4/c1-7-23-17-9-8-14(10-15(17)13-22)11-16(12-21-6)20-24-18(2,3)19(4,5)25-20/h8-11,13,21H,7,12H2,1-6H3. The van der Waals surface area contributed by atoms with Crippen LogP contribution in [-0.4, -0.2) is 44.8 Å². The zero-order valence-electron chi connectivity index (χ0n) is 16.0. The van der Waals surface area contributed by atoms with Crippen LogP contribution >= 0.6 is 0 Å². The molecule has 0 saturated carbocycles. The molecule has 25 heavy (non-hydrogen) atoms. The van der Waals surface area contributed by atoms with Gasteiger partial charge in [0.15, 0.2) is 6.29 Å². The van der Waals surface area contributed by atoms with E-state index in [2.05, 4.69) is 5.32 Å². The summed E-state index contributed by atoms with van der Waals surface area (Å²) in [5, 5.41) is 3.16. The summed E-state index contributed by atoms with van der Waals surface area (Å²) >= 11 is 0. The Morgan fingerprint density at radius 1 is 1.24 bits per heavy atom. The Hall–Kier alpha value is -1.63. The molecule has 1 aliphatic rings. The molecule has 1 aromatic carbocycles. The molecule has 0 unspecified atom stereocenters. The Labute approximate surface area is 150 Å². The van der Waals surface area contributed by atoms with E-state index in [9.17, 15) is 4.79 Å². The lowest BCUT2D eigenvalue weighted by molar-refractivity contribution is 0.00578. The molecule has 0 aliphatic carbocycles. The molecule has 1 heterocycles. The predicted molar refractivity (Wildman–Crippen MR) is 101 cm³/mol. The van der Waals surface area contributed by atoms with Gasteiger partial charge in [-0.05, 0) is 64.8 Å². The largest absolute Gasteiger partial charge is 0.493 e. The molecule has 1 aliphatic heterocycles. The summed E-state index contributed by atoms with van der Waals surface area (Å²) in [4.78, 5) is 11.3. The topological polar surface area (TPSA) is 56.8 Å². The van der Waals surface area contributed by atoms with E-state index in [4.69, 9.17) is 14.0 Å². The Balaban J connectivity index is 2.33. The summed E-state index contributed by atoms with van der Waals surface area (Å²) < 4.78 is 17.8. The van der Waals surface area contributed by atoms with E-state index < -0.39 is 18.3 Å². The molecule has 0 amide bonds. The van der Waals surface area contributed by atoms with Crippen molar-refractivity contribution in [1.29, 1.82) is 0 Å². The lowest BCUT2D eigenvalue weighted by atomic mass is 9.77. The molecule has 1 fully saturated rings. The van der Waals surface area contributed by atoms with Gasteiger partial charge in [0.2, 0.25) is 0 Å². The first-order valence-corrected chi connectivity index (χ1v) is 8.67. The maximum Gasteiger partial charge on any atom is 0.491 e. The first-order chi connectivity index (χ1) is 11.7. The van der Waals surface area contributed by atoms with Crippen molar-refractivity contribution in [3.8, 4) is 5.75 Å². The lowest BCUT2D eigenvalue weighted by Gasteiger charge is -2.32. The third-order valence-electron chi connectivity index (χ3n) is 4.75. The molecule has 0 aromatic heterocycles. The number of hydrogen-bond donors (Lipinski definition) is 1. The fourth-order valence-electron chi connectivity index (χ4n) is 2.65. The average molecular weight is 345 g/mol. The number of carbonyl (C=O) groups is 1. The number of ether oxygens (including phenoxy) is 1. The number of nitrogens with one attached hydrogen (secondary N) is 1. The summed E-state index contributed by atoms with van der Waals surface area (Å²) in [5.41, 5.74) is 1.63. The average Bonchev–Trinajstić information content (AvgIpc) is 2.76. The summed E-state index contributed by atoms with van der Waals surface area (Å²) in [6, 6.07) is 5.57. The molecule has 1 aromatic rings. The Morgan fingerprint density at radius 3 is 2.40 bits per heavy atom. The van der Waals surface area contributed by atoms with E-state index in [0.717, 1.165) is 17.3 Å². The van der Waals surface area contributed by atoms with Crippen molar-refractivity contribution < 1.29 is 18.8 Å². The Morgan fingerprint density at radius 2 is 1.88 bits per heavy atom. The van der Waals surface area contributed by atoms with E-state index in [0.29, 0.717) is 24.5 Å². The van der Waals surface area contributed by atoms with Crippen molar-refractivity contribution in [3.05, 3.63) is 34.8 Å². The van der Waals surface area contributed by atoms with Crippen molar-refractivity contribution in [2.75, 3.05) is 20.2 Å². The minimum Gasteiger partial charge on any atom is -0.493 e. The Kier molecular flexibility index (Phi) is 6.09. The number of aldehydes is 1. The van der Waals surface area contributed by atoms with Crippen molar-refractivity contribution in [1.82, 2.24) is 5.32 Å². The molecule has 0 atom stereocenters. The van der Waals surface area contributed by atoms with Crippen molar-refractivity contribution in [3.63, 3.8) is 0 Å². The lowest BCUT2D eigenvalue weighted by Crippen LogP contribution is -2.41. The van der Waals surface area contributed by atoms with Crippen LogP contribution < -0.4 is 10.1 Å². The van der Waals surface area contributed by atoms with Crippen LogP contribution in [0.25, 0.3) is 6.08 Å². The fourth-order valence-corrected chi connectivity index (χ4v) is 2.65. The molecule has 5 nitrogen and oxygen atoms in total. The van der Waals surface area contributed by atoms with Crippen LogP contribution in [0.15, 0.2) is 23.7 Å². The van der Waals surface area contributed by atoms with E-state index in [1.54, 1.807) is 0 Å². The van der Waals surface area contributed by atoms with Gasteiger partial charge in [-0.2, -0.15) is 0 Å². The highest BCUT2D eigenvalue weighted by Gasteiger charge is 2.52. The summed E-state index contributed by atoms with van der Waals surface area (Å²) in [7, 11) is 1.46. The number of carbonyl (C=O) groups excluding carboxylic acids is 1. The van der Waals surface area contributed by atoms with Crippen LogP contribution in [0, 0.1) is 0 Å². The monoisotopic (exact) mass is 345 g/mol. The number of likely N-dealkylation sites (N-methyl/N-ethyl adjacent to an activating group) is 1. The van der Waals surface area contributed by atoms with Crippen molar-refractivity contribution in [2.45, 2.75) is 45.8 Å². The van der Waals surface area contributed by atoms with Gasteiger partial charge < -0.3 is 19.4 Å². The van der Waals surface area contributed by atoms with Gasteiger partial charge in [0.05, 0.1) is 23.4 Å².